The van der Waals surface area contributed by atoms with Gasteiger partial charge in [0.2, 0.25) is 5.91 Å². The van der Waals surface area contributed by atoms with Crippen molar-refractivity contribution in [1.29, 1.82) is 0 Å². The maximum absolute atomic E-state index is 11.1. The number of anilines is 1. The number of alkyl halides is 1. The summed E-state index contributed by atoms with van der Waals surface area (Å²) in [6, 6.07) is 6.49. The van der Waals surface area contributed by atoms with Gasteiger partial charge in [0.15, 0.2) is 0 Å². The van der Waals surface area contributed by atoms with E-state index in [1.807, 2.05) is 0 Å². The van der Waals surface area contributed by atoms with Gasteiger partial charge in [-0.25, -0.2) is 0 Å². The van der Waals surface area contributed by atoms with E-state index in [1.165, 1.54) is 6.07 Å². The number of phenols is 1. The fraction of sp³-hybridized carbons (Fsp3) is 0.222. The average Bonchev–Trinajstić information content (AvgIpc) is 2.08. The number of carbonyl (C=O) groups is 1. The molecule has 0 fully saturated rings. The van der Waals surface area contributed by atoms with Crippen LogP contribution in [-0.4, -0.2) is 16.4 Å². The molecule has 3 nitrogen and oxygen atoms in total. The van der Waals surface area contributed by atoms with Crippen LogP contribution in [0, 0.1) is 0 Å². The Morgan fingerprint density at radius 2 is 2.15 bits per heavy atom. The van der Waals surface area contributed by atoms with Crippen LogP contribution in [0.25, 0.3) is 0 Å². The first-order chi connectivity index (χ1) is 6.11. The molecule has 2 N–H and O–H groups in total. The Kier molecular flexibility index (Phi) is 3.14. The number of nitrogens with one attached hydrogen (secondary N) is 1. The minimum absolute atomic E-state index is 0.0353. The van der Waals surface area contributed by atoms with Gasteiger partial charge in [0, 0.05) is 0 Å². The summed E-state index contributed by atoms with van der Waals surface area (Å²) in [4.78, 5) is 11.1. The van der Waals surface area contributed by atoms with E-state index in [0.29, 0.717) is 5.69 Å². The molecule has 1 aromatic carbocycles. The van der Waals surface area contributed by atoms with Gasteiger partial charge in [0.25, 0.3) is 0 Å². The smallest absolute Gasteiger partial charge is 0.242 e. The van der Waals surface area contributed by atoms with Crippen LogP contribution in [0.3, 0.4) is 0 Å². The Bertz CT molecular complexity index is 312. The lowest BCUT2D eigenvalue weighted by Crippen LogP contribution is -2.20. The number of para-hydroxylation sites is 2. The number of carbonyl (C=O) groups excluding carboxylic acids is 1. The Morgan fingerprint density at radius 1 is 1.54 bits per heavy atom. The topological polar surface area (TPSA) is 49.3 Å². The lowest BCUT2D eigenvalue weighted by atomic mass is 10.3. The largest absolute Gasteiger partial charge is 0.506 e. The molecule has 0 unspecified atom stereocenters. The average molecular weight is 200 g/mol. The van der Waals surface area contributed by atoms with Crippen molar-refractivity contribution < 1.29 is 9.90 Å². The molecule has 0 saturated heterocycles. The van der Waals surface area contributed by atoms with E-state index in [1.54, 1.807) is 25.1 Å². The second-order valence-corrected chi connectivity index (χ2v) is 3.28. The highest BCUT2D eigenvalue weighted by Crippen LogP contribution is 2.21. The summed E-state index contributed by atoms with van der Waals surface area (Å²) in [6.07, 6.45) is 0. The molecule has 70 valence electrons. The molecule has 0 aliphatic carbocycles. The standard InChI is InChI=1S/C9H10ClNO2/c1-6(10)9(13)11-7-4-2-3-5-8(7)12/h2-6,12H,1H3,(H,11,13)/t6-/m0/s1. The Labute approximate surface area is 81.3 Å². The highest BCUT2D eigenvalue weighted by molar-refractivity contribution is 6.32. The van der Waals surface area contributed by atoms with Crippen molar-refractivity contribution in [3.05, 3.63) is 24.3 Å². The molecule has 1 atom stereocenters. The zero-order chi connectivity index (χ0) is 9.84. The van der Waals surface area contributed by atoms with Gasteiger partial charge < -0.3 is 10.4 Å². The fourth-order valence-electron chi connectivity index (χ4n) is 0.812. The van der Waals surface area contributed by atoms with Gasteiger partial charge in [0.05, 0.1) is 5.69 Å². The Morgan fingerprint density at radius 3 is 2.69 bits per heavy atom. The van der Waals surface area contributed by atoms with E-state index in [-0.39, 0.29) is 11.7 Å². The normalized spacial score (nSPS) is 12.2. The predicted molar refractivity (Wildman–Crippen MR) is 52.1 cm³/mol. The molecule has 1 amide bonds. The molecule has 1 aromatic rings. The van der Waals surface area contributed by atoms with Crippen LogP contribution in [0.1, 0.15) is 6.92 Å². The zero-order valence-electron chi connectivity index (χ0n) is 7.12. The van der Waals surface area contributed by atoms with E-state index in [4.69, 9.17) is 11.6 Å². The summed E-state index contributed by atoms with van der Waals surface area (Å²) < 4.78 is 0. The van der Waals surface area contributed by atoms with E-state index in [9.17, 15) is 9.90 Å². The quantitative estimate of drug-likeness (QED) is 0.565. The van der Waals surface area contributed by atoms with Crippen molar-refractivity contribution in [2.24, 2.45) is 0 Å². The summed E-state index contributed by atoms with van der Waals surface area (Å²) in [5, 5.41) is 11.2. The molecule has 1 rings (SSSR count). The molecule has 13 heavy (non-hydrogen) atoms. The number of hydrogen-bond donors (Lipinski definition) is 2. The lowest BCUT2D eigenvalue weighted by molar-refractivity contribution is -0.115. The number of phenolic OH excluding ortho intramolecular Hbond substituents is 1. The Hall–Kier alpha value is -1.22. The van der Waals surface area contributed by atoms with Gasteiger partial charge in [-0.2, -0.15) is 0 Å². The number of rotatable bonds is 2. The first kappa shape index (κ1) is 9.86. The van der Waals surface area contributed by atoms with Gasteiger partial charge >= 0.3 is 0 Å². The molecule has 0 spiro atoms. The third-order valence-electron chi connectivity index (χ3n) is 1.52. The van der Waals surface area contributed by atoms with Crippen LogP contribution >= 0.6 is 11.6 Å². The summed E-state index contributed by atoms with van der Waals surface area (Å²) in [6.45, 7) is 1.57. The van der Waals surface area contributed by atoms with E-state index in [0.717, 1.165) is 0 Å². The predicted octanol–water partition coefficient (Wildman–Crippen LogP) is 1.96. The summed E-state index contributed by atoms with van der Waals surface area (Å²) >= 11 is 5.54. The highest BCUT2D eigenvalue weighted by atomic mass is 35.5. The molecule has 4 heteroatoms. The first-order valence-corrected chi connectivity index (χ1v) is 4.28. The molecule has 0 heterocycles. The first-order valence-electron chi connectivity index (χ1n) is 3.84. The van der Waals surface area contributed by atoms with Crippen molar-refractivity contribution in [2.75, 3.05) is 5.32 Å². The maximum Gasteiger partial charge on any atom is 0.242 e. The molecular formula is C9H10ClNO2. The highest BCUT2D eigenvalue weighted by Gasteiger charge is 2.10. The van der Waals surface area contributed by atoms with Crippen LogP contribution in [0.15, 0.2) is 24.3 Å². The van der Waals surface area contributed by atoms with Crippen LogP contribution in [0.5, 0.6) is 5.75 Å². The van der Waals surface area contributed by atoms with Gasteiger partial charge in [-0.05, 0) is 19.1 Å². The van der Waals surface area contributed by atoms with Gasteiger partial charge in [0.1, 0.15) is 11.1 Å². The van der Waals surface area contributed by atoms with Gasteiger partial charge in [-0.1, -0.05) is 12.1 Å². The minimum Gasteiger partial charge on any atom is -0.506 e. The van der Waals surface area contributed by atoms with Gasteiger partial charge in [-0.15, -0.1) is 11.6 Å². The van der Waals surface area contributed by atoms with Crippen LogP contribution in [0.2, 0.25) is 0 Å². The molecule has 0 bridgehead atoms. The third kappa shape index (κ3) is 2.63. The molecule has 0 saturated carbocycles. The Balaban J connectivity index is 2.75. The van der Waals surface area contributed by atoms with Crippen molar-refractivity contribution in [1.82, 2.24) is 0 Å². The minimum atomic E-state index is -0.611. The number of amides is 1. The zero-order valence-corrected chi connectivity index (χ0v) is 7.88. The van der Waals surface area contributed by atoms with Crippen molar-refractivity contribution >= 4 is 23.2 Å². The number of benzene rings is 1. The molecule has 0 radical (unpaired) electrons. The molecule has 0 aromatic heterocycles. The van der Waals surface area contributed by atoms with Crippen LogP contribution < -0.4 is 5.32 Å². The number of aromatic hydroxyl groups is 1. The maximum atomic E-state index is 11.1. The second kappa shape index (κ2) is 4.14. The van der Waals surface area contributed by atoms with Crippen molar-refractivity contribution in [2.45, 2.75) is 12.3 Å². The SMILES string of the molecule is C[C@H](Cl)C(=O)Nc1ccccc1O. The van der Waals surface area contributed by atoms with Crippen LogP contribution in [0.4, 0.5) is 5.69 Å². The van der Waals surface area contributed by atoms with E-state index in [2.05, 4.69) is 5.32 Å². The fourth-order valence-corrected chi connectivity index (χ4v) is 0.866. The van der Waals surface area contributed by atoms with Gasteiger partial charge in [-0.3, -0.25) is 4.79 Å². The van der Waals surface area contributed by atoms with Crippen molar-refractivity contribution in [3.8, 4) is 5.75 Å². The van der Waals surface area contributed by atoms with E-state index >= 15 is 0 Å². The molecule has 0 aliphatic heterocycles. The lowest BCUT2D eigenvalue weighted by Gasteiger charge is -2.07. The monoisotopic (exact) mass is 199 g/mol. The molecule has 0 aliphatic rings. The number of halogens is 1. The van der Waals surface area contributed by atoms with Crippen molar-refractivity contribution in [3.63, 3.8) is 0 Å². The summed E-state index contributed by atoms with van der Waals surface area (Å²) in [5.74, 6) is -0.295. The number of hydrogen-bond acceptors (Lipinski definition) is 2. The van der Waals surface area contributed by atoms with E-state index < -0.39 is 5.38 Å². The summed E-state index contributed by atoms with van der Waals surface area (Å²) in [5.41, 5.74) is 0.375. The second-order valence-electron chi connectivity index (χ2n) is 2.62. The summed E-state index contributed by atoms with van der Waals surface area (Å²) in [7, 11) is 0. The van der Waals surface area contributed by atoms with Crippen LogP contribution in [-0.2, 0) is 4.79 Å². The molecular weight excluding hydrogens is 190 g/mol. The third-order valence-corrected chi connectivity index (χ3v) is 1.72.